The summed E-state index contributed by atoms with van der Waals surface area (Å²) in [5.74, 6) is -8.38. The van der Waals surface area contributed by atoms with Gasteiger partial charge in [-0.05, 0) is 63.1 Å². The molecule has 0 saturated carbocycles. The molecule has 4 atom stereocenters. The zero-order chi connectivity index (χ0) is 40.3. The number of carbonyl (C=O) groups excluding carboxylic acids is 6. The van der Waals surface area contributed by atoms with Crippen molar-refractivity contribution in [1.82, 2.24) is 0 Å². The minimum atomic E-state index is -1.22. The fourth-order valence-electron chi connectivity index (χ4n) is 5.05. The molecule has 0 aliphatic heterocycles. The van der Waals surface area contributed by atoms with E-state index in [0.29, 0.717) is 0 Å². The van der Waals surface area contributed by atoms with Gasteiger partial charge in [0.1, 0.15) is 23.7 Å². The predicted molar refractivity (Wildman–Crippen MR) is 187 cm³/mol. The molecule has 0 heterocycles. The summed E-state index contributed by atoms with van der Waals surface area (Å²) in [5, 5.41) is 40.3. The highest BCUT2D eigenvalue weighted by molar-refractivity contribution is 5.99. The number of rotatable bonds is 16. The van der Waals surface area contributed by atoms with Crippen molar-refractivity contribution in [3.63, 3.8) is 0 Å². The van der Waals surface area contributed by atoms with Crippen molar-refractivity contribution in [3.05, 3.63) is 48.5 Å². The SMILES string of the molecule is CC(=O)O[C@H](C)CC(=O)Oc1c(OC(=O)C[C@H](C)O)c(-c2ccc(O)cc2)c(OC(=O)C[C@@H](C)OC(C)=O)c(OC(=O)C[C@H](C)O)c1-c1ccc(O)cc1. The molecule has 0 unspecified atom stereocenters. The lowest BCUT2D eigenvalue weighted by Crippen LogP contribution is -2.23. The van der Waals surface area contributed by atoms with Crippen LogP contribution in [0.3, 0.4) is 0 Å². The lowest BCUT2D eigenvalue weighted by atomic mass is 9.94. The number of phenols is 2. The van der Waals surface area contributed by atoms with E-state index >= 15 is 0 Å². The van der Waals surface area contributed by atoms with Crippen molar-refractivity contribution < 1.29 is 77.6 Å². The highest BCUT2D eigenvalue weighted by Crippen LogP contribution is 2.58. The van der Waals surface area contributed by atoms with Crippen LogP contribution in [0.25, 0.3) is 22.3 Å². The van der Waals surface area contributed by atoms with Crippen LogP contribution in [0.4, 0.5) is 0 Å². The first-order valence-electron chi connectivity index (χ1n) is 16.7. The molecule has 16 heteroatoms. The van der Waals surface area contributed by atoms with E-state index in [1.807, 2.05) is 0 Å². The van der Waals surface area contributed by atoms with Crippen LogP contribution in [0.1, 0.15) is 67.2 Å². The average molecular weight is 755 g/mol. The van der Waals surface area contributed by atoms with Gasteiger partial charge in [0.2, 0.25) is 0 Å². The zero-order valence-corrected chi connectivity index (χ0v) is 30.4. The Labute approximate surface area is 310 Å². The number of phenolic OH excluding ortho intramolecular Hbond substituents is 2. The lowest BCUT2D eigenvalue weighted by Gasteiger charge is -2.25. The van der Waals surface area contributed by atoms with Gasteiger partial charge in [0.15, 0.2) is 23.0 Å². The van der Waals surface area contributed by atoms with E-state index in [2.05, 4.69) is 0 Å². The number of hydrogen-bond donors (Lipinski definition) is 4. The van der Waals surface area contributed by atoms with E-state index < -0.39 is 109 Å². The Morgan fingerprint density at radius 1 is 0.481 bits per heavy atom. The third-order valence-electron chi connectivity index (χ3n) is 7.06. The summed E-state index contributed by atoms with van der Waals surface area (Å²) in [7, 11) is 0. The minimum absolute atomic E-state index is 0.0409. The molecular weight excluding hydrogens is 712 g/mol. The summed E-state index contributed by atoms with van der Waals surface area (Å²) in [6.07, 6.45) is -6.69. The Kier molecular flexibility index (Phi) is 15.1. The summed E-state index contributed by atoms with van der Waals surface area (Å²) < 4.78 is 33.5. The second-order valence-electron chi connectivity index (χ2n) is 12.4. The monoisotopic (exact) mass is 754 g/mol. The first-order valence-corrected chi connectivity index (χ1v) is 16.7. The Bertz CT molecular complexity index is 1710. The first kappa shape index (κ1) is 42.4. The van der Waals surface area contributed by atoms with Crippen molar-refractivity contribution >= 4 is 35.8 Å². The van der Waals surface area contributed by atoms with Gasteiger partial charge in [0, 0.05) is 13.8 Å². The number of ether oxygens (including phenoxy) is 6. The second kappa shape index (κ2) is 19.2. The highest BCUT2D eigenvalue weighted by atomic mass is 16.6. The Balaban J connectivity index is 2.58. The number of benzene rings is 3. The van der Waals surface area contributed by atoms with Crippen LogP contribution in [0.15, 0.2) is 48.5 Å². The molecule has 290 valence electrons. The predicted octanol–water partition coefficient (Wildman–Crippen LogP) is 4.28. The topological polar surface area (TPSA) is 239 Å². The summed E-state index contributed by atoms with van der Waals surface area (Å²) in [4.78, 5) is 77.0. The summed E-state index contributed by atoms with van der Waals surface area (Å²) in [5.41, 5.74) is -0.584. The van der Waals surface area contributed by atoms with E-state index in [9.17, 15) is 49.2 Å². The van der Waals surface area contributed by atoms with E-state index in [1.54, 1.807) is 0 Å². The van der Waals surface area contributed by atoms with Crippen LogP contribution >= 0.6 is 0 Å². The second-order valence-corrected chi connectivity index (χ2v) is 12.4. The van der Waals surface area contributed by atoms with E-state index in [-0.39, 0.29) is 33.8 Å². The normalized spacial score (nSPS) is 13.0. The fraction of sp³-hybridized carbons (Fsp3) is 0.368. The number of aromatic hydroxyl groups is 2. The molecule has 4 N–H and O–H groups in total. The largest absolute Gasteiger partial charge is 0.508 e. The zero-order valence-electron chi connectivity index (χ0n) is 30.4. The third-order valence-corrected chi connectivity index (χ3v) is 7.06. The van der Waals surface area contributed by atoms with Crippen LogP contribution < -0.4 is 18.9 Å². The van der Waals surface area contributed by atoms with Crippen LogP contribution in [-0.2, 0) is 38.2 Å². The van der Waals surface area contributed by atoms with Crippen molar-refractivity contribution in [2.24, 2.45) is 0 Å². The summed E-state index contributed by atoms with van der Waals surface area (Å²) >= 11 is 0. The quantitative estimate of drug-likeness (QED) is 0.118. The molecule has 0 radical (unpaired) electrons. The van der Waals surface area contributed by atoms with Gasteiger partial charge in [-0.25, -0.2) is 0 Å². The maximum atomic E-state index is 13.6. The van der Waals surface area contributed by atoms with Gasteiger partial charge in [-0.15, -0.1) is 0 Å². The smallest absolute Gasteiger partial charge is 0.315 e. The average Bonchev–Trinajstić information content (AvgIpc) is 3.02. The standard InChI is InChI=1S/C38H42O16/c1-19(39)15-29(45)51-35-33(25-7-11-27(43)12-8-25)38(54-32(48)18-22(4)50-24(6)42)36(52-30(46)16-20(2)40)34(26-9-13-28(44)14-10-26)37(35)53-31(47)17-21(3)49-23(5)41/h7-14,19-22,39-40,43-44H,15-18H2,1-6H3/t19-,20-,21+,22+/m0/s1. The Hall–Kier alpha value is -6.00. The summed E-state index contributed by atoms with van der Waals surface area (Å²) in [6.45, 7) is 7.72. The van der Waals surface area contributed by atoms with Crippen LogP contribution in [0.2, 0.25) is 0 Å². The third kappa shape index (κ3) is 12.6. The van der Waals surface area contributed by atoms with Crippen molar-refractivity contribution in [2.45, 2.75) is 91.6 Å². The molecule has 3 aromatic rings. The molecule has 0 aromatic heterocycles. The van der Waals surface area contributed by atoms with Crippen LogP contribution in [0.5, 0.6) is 34.5 Å². The Morgan fingerprint density at radius 3 is 0.981 bits per heavy atom. The molecule has 0 aliphatic carbocycles. The molecule has 0 aliphatic rings. The number of esters is 6. The van der Waals surface area contributed by atoms with Gasteiger partial charge in [-0.3, -0.25) is 28.8 Å². The van der Waals surface area contributed by atoms with Crippen molar-refractivity contribution in [2.75, 3.05) is 0 Å². The molecule has 16 nitrogen and oxygen atoms in total. The molecule has 0 fully saturated rings. The molecule has 3 rings (SSSR count). The van der Waals surface area contributed by atoms with Gasteiger partial charge in [0.05, 0.1) is 49.0 Å². The van der Waals surface area contributed by atoms with Gasteiger partial charge in [0.25, 0.3) is 0 Å². The minimum Gasteiger partial charge on any atom is -0.508 e. The Morgan fingerprint density at radius 2 is 0.741 bits per heavy atom. The molecule has 0 bridgehead atoms. The highest BCUT2D eigenvalue weighted by Gasteiger charge is 2.36. The lowest BCUT2D eigenvalue weighted by molar-refractivity contribution is -0.151. The van der Waals surface area contributed by atoms with Crippen LogP contribution in [-0.4, -0.2) is 80.7 Å². The van der Waals surface area contributed by atoms with E-state index in [0.717, 1.165) is 13.8 Å². The summed E-state index contributed by atoms with van der Waals surface area (Å²) in [6, 6.07) is 10.2. The van der Waals surface area contributed by atoms with Gasteiger partial charge in [-0.1, -0.05) is 24.3 Å². The van der Waals surface area contributed by atoms with E-state index in [1.165, 1.54) is 76.2 Å². The molecule has 0 saturated heterocycles. The van der Waals surface area contributed by atoms with Crippen molar-refractivity contribution in [3.8, 4) is 56.8 Å². The molecular formula is C38H42O16. The maximum absolute atomic E-state index is 13.6. The number of aliphatic hydroxyl groups excluding tert-OH is 2. The first-order chi connectivity index (χ1) is 25.3. The number of carbonyl (C=O) groups is 6. The van der Waals surface area contributed by atoms with Gasteiger partial charge >= 0.3 is 35.8 Å². The molecule has 0 amide bonds. The molecule has 54 heavy (non-hydrogen) atoms. The van der Waals surface area contributed by atoms with Gasteiger partial charge < -0.3 is 48.8 Å². The fourth-order valence-corrected chi connectivity index (χ4v) is 5.05. The van der Waals surface area contributed by atoms with E-state index in [4.69, 9.17) is 28.4 Å². The number of aliphatic hydroxyl groups is 2. The van der Waals surface area contributed by atoms with Crippen molar-refractivity contribution in [1.29, 1.82) is 0 Å². The molecule has 3 aromatic carbocycles. The van der Waals surface area contributed by atoms with Crippen LogP contribution in [0, 0.1) is 0 Å². The maximum Gasteiger partial charge on any atom is 0.315 e. The number of hydrogen-bond acceptors (Lipinski definition) is 16. The van der Waals surface area contributed by atoms with Gasteiger partial charge in [-0.2, -0.15) is 0 Å². The molecule has 0 spiro atoms.